The molecule has 0 aromatic heterocycles. The summed E-state index contributed by atoms with van der Waals surface area (Å²) in [6.45, 7) is 4.87. The number of rotatable bonds is 10. The molecule has 0 aliphatic rings. The number of nitrogens with zero attached hydrogens (tertiary/aromatic N) is 3. The summed E-state index contributed by atoms with van der Waals surface area (Å²) in [6.07, 6.45) is 0.938. The topological polar surface area (TPSA) is 67.2 Å². The highest BCUT2D eigenvalue weighted by Crippen LogP contribution is 2.13. The highest BCUT2D eigenvalue weighted by Gasteiger charge is 2.20. The van der Waals surface area contributed by atoms with E-state index in [9.17, 15) is 0 Å². The van der Waals surface area contributed by atoms with Crippen molar-refractivity contribution in [2.75, 3.05) is 6.54 Å². The first kappa shape index (κ1) is 17.8. The SMILES string of the molecule is C=C[C@@H](OCc1ccccc1)[C@H](CN=[N+]=[N-])OCc1ccccc1. The van der Waals surface area contributed by atoms with E-state index in [0.29, 0.717) is 13.2 Å². The molecular formula is C19H21N3O2. The second-order valence-corrected chi connectivity index (χ2v) is 5.25. The molecule has 5 nitrogen and oxygen atoms in total. The first-order valence-electron chi connectivity index (χ1n) is 7.78. The Labute approximate surface area is 142 Å². The van der Waals surface area contributed by atoms with Crippen LogP contribution in [0.3, 0.4) is 0 Å². The third kappa shape index (κ3) is 5.89. The van der Waals surface area contributed by atoms with Gasteiger partial charge in [0.25, 0.3) is 0 Å². The van der Waals surface area contributed by atoms with Crippen molar-refractivity contribution in [1.82, 2.24) is 0 Å². The Bertz CT molecular complexity index is 655. The van der Waals surface area contributed by atoms with Crippen LogP contribution in [0.2, 0.25) is 0 Å². The van der Waals surface area contributed by atoms with Gasteiger partial charge in [-0.15, -0.1) is 6.58 Å². The van der Waals surface area contributed by atoms with Crippen LogP contribution < -0.4 is 0 Å². The molecule has 0 saturated heterocycles. The van der Waals surface area contributed by atoms with Crippen LogP contribution in [0.5, 0.6) is 0 Å². The summed E-state index contributed by atoms with van der Waals surface area (Å²) in [4.78, 5) is 2.82. The van der Waals surface area contributed by atoms with E-state index in [0.717, 1.165) is 11.1 Å². The van der Waals surface area contributed by atoms with Gasteiger partial charge in [0, 0.05) is 4.91 Å². The molecule has 0 saturated carbocycles. The van der Waals surface area contributed by atoms with Crippen molar-refractivity contribution in [3.05, 3.63) is 94.9 Å². The average molecular weight is 323 g/mol. The van der Waals surface area contributed by atoms with Gasteiger partial charge < -0.3 is 9.47 Å². The molecular weight excluding hydrogens is 302 g/mol. The summed E-state index contributed by atoms with van der Waals surface area (Å²) in [5.74, 6) is 0. The second-order valence-electron chi connectivity index (χ2n) is 5.25. The second kappa shape index (κ2) is 10.2. The minimum absolute atomic E-state index is 0.189. The van der Waals surface area contributed by atoms with Gasteiger partial charge in [0.1, 0.15) is 6.10 Å². The van der Waals surface area contributed by atoms with Crippen LogP contribution in [0, 0.1) is 0 Å². The number of ether oxygens (including phenoxy) is 2. The lowest BCUT2D eigenvalue weighted by Gasteiger charge is -2.24. The van der Waals surface area contributed by atoms with Gasteiger partial charge in [-0.05, 0) is 16.7 Å². The Balaban J connectivity index is 1.97. The van der Waals surface area contributed by atoms with Gasteiger partial charge in [0.05, 0.1) is 25.9 Å². The van der Waals surface area contributed by atoms with Crippen LogP contribution in [-0.2, 0) is 22.7 Å². The summed E-state index contributed by atoms with van der Waals surface area (Å²) in [6, 6.07) is 19.7. The van der Waals surface area contributed by atoms with E-state index in [2.05, 4.69) is 16.6 Å². The Morgan fingerprint density at radius 1 is 0.958 bits per heavy atom. The average Bonchev–Trinajstić information content (AvgIpc) is 2.65. The molecule has 0 N–H and O–H groups in total. The zero-order valence-corrected chi connectivity index (χ0v) is 13.5. The van der Waals surface area contributed by atoms with Crippen LogP contribution >= 0.6 is 0 Å². The molecule has 0 spiro atoms. The van der Waals surface area contributed by atoms with Crippen LogP contribution in [-0.4, -0.2) is 18.8 Å². The highest BCUT2D eigenvalue weighted by atomic mass is 16.5. The van der Waals surface area contributed by atoms with E-state index in [1.54, 1.807) is 6.08 Å². The summed E-state index contributed by atoms with van der Waals surface area (Å²) in [5.41, 5.74) is 10.7. The molecule has 0 radical (unpaired) electrons. The van der Waals surface area contributed by atoms with E-state index in [4.69, 9.17) is 15.0 Å². The number of hydrogen-bond donors (Lipinski definition) is 0. The lowest BCUT2D eigenvalue weighted by molar-refractivity contribution is -0.0596. The molecule has 0 aliphatic carbocycles. The monoisotopic (exact) mass is 323 g/mol. The van der Waals surface area contributed by atoms with Crippen molar-refractivity contribution < 1.29 is 9.47 Å². The largest absolute Gasteiger partial charge is 0.370 e. The normalized spacial score (nSPS) is 12.8. The molecule has 5 heteroatoms. The predicted octanol–water partition coefficient (Wildman–Crippen LogP) is 4.65. The van der Waals surface area contributed by atoms with E-state index in [1.165, 1.54) is 0 Å². The molecule has 0 unspecified atom stereocenters. The van der Waals surface area contributed by atoms with E-state index in [1.807, 2.05) is 60.7 Å². The Morgan fingerprint density at radius 2 is 1.50 bits per heavy atom. The lowest BCUT2D eigenvalue weighted by Crippen LogP contribution is -2.32. The minimum Gasteiger partial charge on any atom is -0.370 e. The molecule has 0 amide bonds. The summed E-state index contributed by atoms with van der Waals surface area (Å²) in [5, 5.41) is 3.64. The molecule has 2 rings (SSSR count). The molecule has 0 fully saturated rings. The van der Waals surface area contributed by atoms with Crippen molar-refractivity contribution in [1.29, 1.82) is 0 Å². The van der Waals surface area contributed by atoms with E-state index >= 15 is 0 Å². The fourth-order valence-electron chi connectivity index (χ4n) is 2.24. The maximum Gasteiger partial charge on any atom is 0.102 e. The van der Waals surface area contributed by atoms with Gasteiger partial charge in [0.2, 0.25) is 0 Å². The molecule has 2 atom stereocenters. The van der Waals surface area contributed by atoms with E-state index < -0.39 is 0 Å². The van der Waals surface area contributed by atoms with Crippen LogP contribution in [0.25, 0.3) is 10.4 Å². The van der Waals surface area contributed by atoms with Crippen molar-refractivity contribution in [3.8, 4) is 0 Å². The van der Waals surface area contributed by atoms with Gasteiger partial charge >= 0.3 is 0 Å². The highest BCUT2D eigenvalue weighted by molar-refractivity contribution is 5.14. The molecule has 2 aromatic rings. The van der Waals surface area contributed by atoms with Gasteiger partial charge in [-0.2, -0.15) is 0 Å². The Morgan fingerprint density at radius 3 is 2.00 bits per heavy atom. The molecule has 0 heterocycles. The van der Waals surface area contributed by atoms with Crippen molar-refractivity contribution >= 4 is 0 Å². The van der Waals surface area contributed by atoms with Crippen LogP contribution in [0.15, 0.2) is 78.4 Å². The molecule has 0 bridgehead atoms. The zero-order valence-electron chi connectivity index (χ0n) is 13.5. The Kier molecular flexibility index (Phi) is 7.57. The summed E-state index contributed by atoms with van der Waals surface area (Å²) in [7, 11) is 0. The maximum absolute atomic E-state index is 8.60. The van der Waals surface area contributed by atoms with E-state index in [-0.39, 0.29) is 18.8 Å². The number of hydrogen-bond acceptors (Lipinski definition) is 3. The van der Waals surface area contributed by atoms with Crippen molar-refractivity contribution in [2.24, 2.45) is 5.11 Å². The standard InChI is InChI=1S/C19H21N3O2/c1-2-18(23-14-16-9-5-3-6-10-16)19(13-21-22-20)24-15-17-11-7-4-8-12-17/h2-12,18-19H,1,13-15H2/t18-,19+/m1/s1. The lowest BCUT2D eigenvalue weighted by atomic mass is 10.2. The van der Waals surface area contributed by atoms with Crippen LogP contribution in [0.1, 0.15) is 11.1 Å². The fraction of sp³-hybridized carbons (Fsp3) is 0.263. The van der Waals surface area contributed by atoms with Crippen molar-refractivity contribution in [3.63, 3.8) is 0 Å². The van der Waals surface area contributed by atoms with Gasteiger partial charge in [-0.25, -0.2) is 0 Å². The molecule has 24 heavy (non-hydrogen) atoms. The quantitative estimate of drug-likeness (QED) is 0.276. The molecule has 2 aromatic carbocycles. The predicted molar refractivity (Wildman–Crippen MR) is 94.2 cm³/mol. The minimum atomic E-state index is -0.387. The van der Waals surface area contributed by atoms with Gasteiger partial charge in [-0.1, -0.05) is 71.9 Å². The molecule has 124 valence electrons. The van der Waals surface area contributed by atoms with Crippen molar-refractivity contribution in [2.45, 2.75) is 25.4 Å². The maximum atomic E-state index is 8.60. The summed E-state index contributed by atoms with van der Waals surface area (Å²) < 4.78 is 11.8. The van der Waals surface area contributed by atoms with Gasteiger partial charge in [-0.3, -0.25) is 0 Å². The molecule has 0 aliphatic heterocycles. The third-order valence-electron chi connectivity index (χ3n) is 3.52. The fourth-order valence-corrected chi connectivity index (χ4v) is 2.24. The Hall–Kier alpha value is -2.59. The zero-order chi connectivity index (χ0) is 17.0. The summed E-state index contributed by atoms with van der Waals surface area (Å²) >= 11 is 0. The smallest absolute Gasteiger partial charge is 0.102 e. The number of azide groups is 1. The first-order chi connectivity index (χ1) is 11.8. The van der Waals surface area contributed by atoms with Gasteiger partial charge in [0.15, 0.2) is 0 Å². The number of benzene rings is 2. The van der Waals surface area contributed by atoms with Crippen LogP contribution in [0.4, 0.5) is 0 Å². The third-order valence-corrected chi connectivity index (χ3v) is 3.52. The first-order valence-corrected chi connectivity index (χ1v) is 7.78.